The Morgan fingerprint density at radius 3 is 2.44 bits per heavy atom. The van der Waals surface area contributed by atoms with Crippen LogP contribution in [0.3, 0.4) is 0 Å². The zero-order chi connectivity index (χ0) is 34.9. The highest BCUT2D eigenvalue weighted by Gasteiger charge is 2.50. The van der Waals surface area contributed by atoms with Crippen molar-refractivity contribution in [1.29, 1.82) is 0 Å². The molecule has 0 unspecified atom stereocenters. The number of carbonyl (C=O) groups excluding carboxylic acids is 4. The predicted molar refractivity (Wildman–Crippen MR) is 169 cm³/mol. The van der Waals surface area contributed by atoms with Gasteiger partial charge in [0.1, 0.15) is 22.8 Å². The van der Waals surface area contributed by atoms with Crippen LogP contribution < -0.4 is 10.5 Å². The number of carbonyl (C=O) groups is 4. The Morgan fingerprint density at radius 1 is 1.04 bits per heavy atom. The molecule has 13 heteroatoms. The van der Waals surface area contributed by atoms with Gasteiger partial charge in [-0.2, -0.15) is 0 Å². The molecule has 2 aliphatic carbocycles. The number of aliphatic hydroxyl groups excluding tert-OH is 1. The van der Waals surface area contributed by atoms with Gasteiger partial charge in [0.25, 0.3) is 0 Å². The minimum atomic E-state index is -2.29. The van der Waals surface area contributed by atoms with Gasteiger partial charge < -0.3 is 45.1 Å². The van der Waals surface area contributed by atoms with Gasteiger partial charge in [-0.1, -0.05) is 44.7 Å². The first-order valence-electron chi connectivity index (χ1n) is 16.4. The molecule has 2 aromatic carbocycles. The number of unbranched alkanes of at least 4 members (excludes halogenated alkanes) is 4. The highest BCUT2D eigenvalue weighted by Crippen LogP contribution is 2.52. The Balaban J connectivity index is 1.51. The first-order chi connectivity index (χ1) is 22.8. The summed E-state index contributed by atoms with van der Waals surface area (Å²) in [5.41, 5.74) is 2.37. The van der Waals surface area contributed by atoms with Crippen molar-refractivity contribution < 1.29 is 58.6 Å². The zero-order valence-electron chi connectivity index (χ0n) is 27.3. The number of rotatable bonds is 12. The third-order valence-corrected chi connectivity index (χ3v) is 9.51. The molecule has 6 N–H and O–H groups in total. The Morgan fingerprint density at radius 2 is 1.75 bits per heavy atom. The van der Waals surface area contributed by atoms with Gasteiger partial charge in [-0.15, -0.1) is 0 Å². The van der Waals surface area contributed by atoms with Gasteiger partial charge in [0, 0.05) is 48.4 Å². The Labute approximate surface area is 277 Å². The minimum absolute atomic E-state index is 0.000735. The molecule has 0 amide bonds. The molecule has 5 rings (SSSR count). The van der Waals surface area contributed by atoms with Crippen molar-refractivity contribution in [1.82, 2.24) is 0 Å². The molecule has 0 saturated carbocycles. The van der Waals surface area contributed by atoms with E-state index in [1.54, 1.807) is 6.92 Å². The number of hydrogen-bond donors (Lipinski definition) is 5. The van der Waals surface area contributed by atoms with E-state index in [1.165, 1.54) is 25.3 Å². The van der Waals surface area contributed by atoms with E-state index in [2.05, 4.69) is 6.92 Å². The Hall–Kier alpha value is -3.88. The second kappa shape index (κ2) is 14.3. The number of nitrogens with two attached hydrogens (primary N) is 1. The smallest absolute Gasteiger partial charge is 0.306 e. The second-order valence-electron chi connectivity index (χ2n) is 12.8. The van der Waals surface area contributed by atoms with E-state index < -0.39 is 102 Å². The fraction of sp³-hybridized carbons (Fsp3) is 0.543. The van der Waals surface area contributed by atoms with E-state index in [0.29, 0.717) is 6.42 Å². The van der Waals surface area contributed by atoms with Crippen LogP contribution in [-0.4, -0.2) is 87.6 Å². The van der Waals surface area contributed by atoms with Gasteiger partial charge in [-0.05, 0) is 19.4 Å². The first-order valence-corrected chi connectivity index (χ1v) is 16.4. The lowest BCUT2D eigenvalue weighted by Crippen LogP contribution is -2.53. The standard InChI is InChI=1S/C35H43NO12/c1-4-5-6-7-8-12-24(38)46-16-23(37)35(44)14-19-27(22(15-35)48-25-13-20(36)30(39)17(2)47-25)34(43)29-28(32(19)41)31(40)18-10-9-11-21(45-3)26(18)33(29)42/h9-11,17,20,22,25,30,39,41,43-44H,4-8,12-16,36H2,1-3H3/t17-,20-,22-,25-,30+,35-/m0/s1. The van der Waals surface area contributed by atoms with Crippen LogP contribution in [-0.2, 0) is 30.2 Å². The average Bonchev–Trinajstić information content (AvgIpc) is 3.05. The molecule has 0 aromatic heterocycles. The number of benzene rings is 2. The summed E-state index contributed by atoms with van der Waals surface area (Å²) in [5, 5.41) is 45.4. The van der Waals surface area contributed by atoms with E-state index in [9.17, 15) is 39.6 Å². The maximum Gasteiger partial charge on any atom is 0.306 e. The van der Waals surface area contributed by atoms with Crippen molar-refractivity contribution >= 4 is 23.3 Å². The SMILES string of the molecule is CCCCCCCC(=O)OCC(=O)[C@]1(O)Cc2c(O)c3c(c(O)c2[C@@H](O[C@H]2C[C@H](N)[C@H](O)[C@H](C)O2)C1)C(=O)c1c(OC)cccc1C3=O. The van der Waals surface area contributed by atoms with Crippen LogP contribution in [0.4, 0.5) is 0 Å². The maximum atomic E-state index is 13.9. The molecule has 0 radical (unpaired) electrons. The number of hydrogen-bond acceptors (Lipinski definition) is 13. The molecule has 0 bridgehead atoms. The number of ketones is 3. The maximum absolute atomic E-state index is 13.9. The zero-order valence-corrected chi connectivity index (χ0v) is 27.3. The largest absolute Gasteiger partial charge is 0.507 e. The van der Waals surface area contributed by atoms with Crippen LogP contribution in [0.5, 0.6) is 17.2 Å². The second-order valence-corrected chi connectivity index (χ2v) is 12.8. The monoisotopic (exact) mass is 669 g/mol. The number of aliphatic hydroxyl groups is 2. The van der Waals surface area contributed by atoms with Crippen molar-refractivity contribution in [2.45, 2.75) is 108 Å². The van der Waals surface area contributed by atoms with Crippen LogP contribution in [0.1, 0.15) is 114 Å². The van der Waals surface area contributed by atoms with Gasteiger partial charge in [0.05, 0.1) is 42.1 Å². The Kier molecular flexibility index (Phi) is 10.6. The minimum Gasteiger partial charge on any atom is -0.507 e. The summed E-state index contributed by atoms with van der Waals surface area (Å²) < 4.78 is 22.5. The molecule has 1 fully saturated rings. The molecular formula is C35H43NO12. The summed E-state index contributed by atoms with van der Waals surface area (Å²) >= 11 is 0. The molecule has 0 spiro atoms. The third kappa shape index (κ3) is 6.57. The van der Waals surface area contributed by atoms with Gasteiger partial charge in [0.15, 0.2) is 18.7 Å². The molecule has 3 aliphatic rings. The fourth-order valence-electron chi connectivity index (χ4n) is 6.83. The van der Waals surface area contributed by atoms with Crippen molar-refractivity contribution in [3.63, 3.8) is 0 Å². The van der Waals surface area contributed by atoms with Crippen LogP contribution in [0.2, 0.25) is 0 Å². The molecule has 1 saturated heterocycles. The van der Waals surface area contributed by atoms with Crippen LogP contribution in [0.25, 0.3) is 0 Å². The highest BCUT2D eigenvalue weighted by molar-refractivity contribution is 6.31. The summed E-state index contributed by atoms with van der Waals surface area (Å²) in [5.74, 6) is -4.33. The number of phenols is 2. The number of methoxy groups -OCH3 is 1. The summed E-state index contributed by atoms with van der Waals surface area (Å²) in [7, 11) is 1.33. The van der Waals surface area contributed by atoms with Crippen LogP contribution in [0, 0.1) is 0 Å². The van der Waals surface area contributed by atoms with Crippen molar-refractivity contribution in [3.8, 4) is 17.2 Å². The third-order valence-electron chi connectivity index (χ3n) is 9.51. The summed E-state index contributed by atoms with van der Waals surface area (Å²) in [6, 6.07) is 3.63. The topological polar surface area (TPSA) is 212 Å². The molecule has 2 aromatic rings. The van der Waals surface area contributed by atoms with E-state index in [1.807, 2.05) is 0 Å². The lowest BCUT2D eigenvalue weighted by Gasteiger charge is -2.42. The summed E-state index contributed by atoms with van der Waals surface area (Å²) in [6.07, 6.45) is -0.679. The molecule has 1 heterocycles. The number of aromatic hydroxyl groups is 2. The summed E-state index contributed by atoms with van der Waals surface area (Å²) in [4.78, 5) is 53.5. The predicted octanol–water partition coefficient (Wildman–Crippen LogP) is 2.91. The molecule has 48 heavy (non-hydrogen) atoms. The van der Waals surface area contributed by atoms with E-state index in [4.69, 9.17) is 24.7 Å². The van der Waals surface area contributed by atoms with Gasteiger partial charge in [-0.25, -0.2) is 0 Å². The van der Waals surface area contributed by atoms with Gasteiger partial charge in [0.2, 0.25) is 11.6 Å². The van der Waals surface area contributed by atoms with E-state index in [-0.39, 0.29) is 40.8 Å². The van der Waals surface area contributed by atoms with Crippen LogP contribution in [0.15, 0.2) is 18.2 Å². The van der Waals surface area contributed by atoms with E-state index in [0.717, 1.165) is 25.7 Å². The quantitative estimate of drug-likeness (QED) is 0.107. The number of Topliss-reactive ketones (excluding diaryl/α,β-unsaturated/α-hetero) is 1. The fourth-order valence-corrected chi connectivity index (χ4v) is 6.83. The number of phenolic OH excluding ortho intramolecular Hbond substituents is 2. The molecule has 1 aliphatic heterocycles. The average molecular weight is 670 g/mol. The number of fused-ring (bicyclic) bond motifs is 3. The lowest BCUT2D eigenvalue weighted by molar-refractivity contribution is -0.247. The van der Waals surface area contributed by atoms with E-state index >= 15 is 0 Å². The summed E-state index contributed by atoms with van der Waals surface area (Å²) in [6.45, 7) is 2.90. The van der Waals surface area contributed by atoms with Gasteiger partial charge in [-0.3, -0.25) is 19.2 Å². The van der Waals surface area contributed by atoms with Crippen molar-refractivity contribution in [2.24, 2.45) is 5.73 Å². The molecule has 260 valence electrons. The first kappa shape index (κ1) is 35.4. The van der Waals surface area contributed by atoms with Crippen LogP contribution >= 0.6 is 0 Å². The number of esters is 1. The highest BCUT2D eigenvalue weighted by atomic mass is 16.7. The molecule has 13 nitrogen and oxygen atoms in total. The van der Waals surface area contributed by atoms with Gasteiger partial charge >= 0.3 is 5.97 Å². The molecule has 6 atom stereocenters. The Bertz CT molecular complexity index is 1590. The van der Waals surface area contributed by atoms with Crippen molar-refractivity contribution in [3.05, 3.63) is 51.6 Å². The number of ether oxygens (including phenoxy) is 4. The lowest BCUT2D eigenvalue weighted by atomic mass is 9.72. The van der Waals surface area contributed by atoms with Crippen molar-refractivity contribution in [2.75, 3.05) is 13.7 Å². The molecular weight excluding hydrogens is 626 g/mol. The normalized spacial score (nSPS) is 26.3.